The maximum absolute atomic E-state index is 5.22. The highest BCUT2D eigenvalue weighted by molar-refractivity contribution is 6.36. The first kappa shape index (κ1) is 16.1. The van der Waals surface area contributed by atoms with Crippen LogP contribution >= 0.6 is 0 Å². The van der Waals surface area contributed by atoms with Crippen LogP contribution in [0.15, 0.2) is 0 Å². The molecule has 1 aliphatic rings. The van der Waals surface area contributed by atoms with Crippen molar-refractivity contribution in [1.29, 1.82) is 0 Å². The van der Waals surface area contributed by atoms with E-state index in [1.807, 2.05) is 20.8 Å². The molecule has 1 fully saturated rings. The van der Waals surface area contributed by atoms with Gasteiger partial charge in [-0.15, -0.1) is 0 Å². The van der Waals surface area contributed by atoms with Crippen LogP contribution in [-0.2, 0) is 18.0 Å². The maximum Gasteiger partial charge on any atom is 0.484 e. The third kappa shape index (κ3) is 8.24. The van der Waals surface area contributed by atoms with Crippen molar-refractivity contribution in [1.82, 2.24) is 0 Å². The number of epoxide rings is 1. The summed E-state index contributed by atoms with van der Waals surface area (Å²) in [5, 5.41) is 0. The largest absolute Gasteiger partial charge is 0.484 e. The molecule has 0 spiro atoms. The monoisotopic (exact) mass is 250 g/mol. The van der Waals surface area contributed by atoms with Crippen LogP contribution in [0.3, 0.4) is 0 Å². The Hall–Kier alpha value is 0.0569. The molecule has 0 bridgehead atoms. The average molecular weight is 250 g/mol. The highest BCUT2D eigenvalue weighted by Crippen LogP contribution is 2.28. The fourth-order valence-corrected chi connectivity index (χ4v) is 1.99. The fourth-order valence-electron chi connectivity index (χ4n) is 0.880. The summed E-state index contributed by atoms with van der Waals surface area (Å²) in [5.74, 6) is 0. The van der Waals surface area contributed by atoms with Gasteiger partial charge in [0.1, 0.15) is 0 Å². The molecule has 5 heteroatoms. The van der Waals surface area contributed by atoms with Crippen LogP contribution in [0.25, 0.3) is 0 Å². The van der Waals surface area contributed by atoms with Gasteiger partial charge in [0, 0.05) is 19.8 Å². The molecule has 0 aliphatic carbocycles. The fraction of sp³-hybridized carbons (Fsp3) is 1.00. The van der Waals surface area contributed by atoms with Crippen LogP contribution in [0.2, 0.25) is 0 Å². The minimum absolute atomic E-state index is 0.292. The van der Waals surface area contributed by atoms with E-state index in [9.17, 15) is 0 Å². The van der Waals surface area contributed by atoms with E-state index in [-0.39, 0.29) is 0 Å². The lowest BCUT2D eigenvalue weighted by Gasteiger charge is -2.12. The zero-order valence-corrected chi connectivity index (χ0v) is 12.4. The Labute approximate surface area is 101 Å². The van der Waals surface area contributed by atoms with Crippen molar-refractivity contribution in [2.75, 3.05) is 26.4 Å². The molecule has 0 N–H and O–H groups in total. The van der Waals surface area contributed by atoms with Gasteiger partial charge < -0.3 is 18.0 Å². The van der Waals surface area contributed by atoms with Gasteiger partial charge in [-0.3, -0.25) is 0 Å². The molecule has 1 saturated heterocycles. The molecular weight excluding hydrogens is 224 g/mol. The number of hydrogen-bond donors (Lipinski definition) is 0. The van der Waals surface area contributed by atoms with Gasteiger partial charge in [0.05, 0.1) is 12.2 Å². The highest BCUT2D eigenvalue weighted by atomic mass is 28.3. The second-order valence-electron chi connectivity index (χ2n) is 3.75. The first-order valence-electron chi connectivity index (χ1n) is 6.10. The predicted molar refractivity (Wildman–Crippen MR) is 66.7 cm³/mol. The summed E-state index contributed by atoms with van der Waals surface area (Å²) in [5.41, 5.74) is 0.292. The summed E-state index contributed by atoms with van der Waals surface area (Å²) in [6.07, 6.45) is 1.16. The van der Waals surface area contributed by atoms with Crippen LogP contribution in [0.5, 0.6) is 0 Å². The predicted octanol–water partition coefficient (Wildman–Crippen LogP) is 2.00. The molecule has 4 nitrogen and oxygen atoms in total. The first-order chi connectivity index (χ1) is 7.61. The molecule has 1 rings (SSSR count). The zero-order valence-electron chi connectivity index (χ0n) is 11.2. The van der Waals surface area contributed by atoms with E-state index in [1.54, 1.807) is 0 Å². The minimum atomic E-state index is -1.73. The van der Waals surface area contributed by atoms with Crippen molar-refractivity contribution < 1.29 is 18.0 Å². The Bertz CT molecular complexity index is 148. The van der Waals surface area contributed by atoms with Gasteiger partial charge in [-0.1, -0.05) is 6.92 Å². The topological polar surface area (TPSA) is 40.2 Å². The standard InChI is InChI=1S/C6H16O3Si.C5H10O/c1-4-7-10(8-5-2)9-6-3;1-3-5(2)4-6-5/h10H,4-6H2,1-3H3;3-4H2,1-2H3. The Morgan fingerprint density at radius 3 is 1.50 bits per heavy atom. The quantitative estimate of drug-likeness (QED) is 0.512. The van der Waals surface area contributed by atoms with Crippen LogP contribution in [0.4, 0.5) is 0 Å². The summed E-state index contributed by atoms with van der Waals surface area (Å²) in [6.45, 7) is 13.1. The Balaban J connectivity index is 0.000000315. The molecule has 0 aromatic rings. The molecule has 0 saturated carbocycles. The van der Waals surface area contributed by atoms with Crippen molar-refractivity contribution in [2.24, 2.45) is 0 Å². The van der Waals surface area contributed by atoms with Crippen molar-refractivity contribution in [3.8, 4) is 0 Å². The van der Waals surface area contributed by atoms with Gasteiger partial charge in [0.25, 0.3) is 0 Å². The molecule has 0 aromatic heterocycles. The van der Waals surface area contributed by atoms with Crippen molar-refractivity contribution in [3.63, 3.8) is 0 Å². The van der Waals surface area contributed by atoms with Gasteiger partial charge in [-0.25, -0.2) is 0 Å². The molecule has 98 valence electrons. The van der Waals surface area contributed by atoms with E-state index in [0.717, 1.165) is 13.0 Å². The van der Waals surface area contributed by atoms with Crippen LogP contribution in [-0.4, -0.2) is 41.6 Å². The molecule has 1 atom stereocenters. The van der Waals surface area contributed by atoms with E-state index in [4.69, 9.17) is 18.0 Å². The highest BCUT2D eigenvalue weighted by Gasteiger charge is 2.36. The summed E-state index contributed by atoms with van der Waals surface area (Å²) >= 11 is 0. The van der Waals surface area contributed by atoms with Gasteiger partial charge in [-0.2, -0.15) is 0 Å². The Kier molecular flexibility index (Phi) is 9.16. The van der Waals surface area contributed by atoms with Crippen LogP contribution in [0.1, 0.15) is 41.0 Å². The lowest BCUT2D eigenvalue weighted by Crippen LogP contribution is -2.27. The van der Waals surface area contributed by atoms with Crippen LogP contribution in [0, 0.1) is 0 Å². The van der Waals surface area contributed by atoms with E-state index in [2.05, 4.69) is 13.8 Å². The molecule has 0 amide bonds. The Morgan fingerprint density at radius 1 is 1.00 bits per heavy atom. The SMILES string of the molecule is CCC1(C)CO1.CCO[SiH](OCC)OCC. The van der Waals surface area contributed by atoms with Gasteiger partial charge >= 0.3 is 9.53 Å². The molecule has 0 aromatic carbocycles. The van der Waals surface area contributed by atoms with Gasteiger partial charge in [0.2, 0.25) is 0 Å². The number of hydrogen-bond acceptors (Lipinski definition) is 4. The summed E-state index contributed by atoms with van der Waals surface area (Å²) in [7, 11) is -1.73. The molecular formula is C11H26O4Si. The third-order valence-electron chi connectivity index (χ3n) is 2.29. The van der Waals surface area contributed by atoms with Crippen molar-refractivity contribution >= 4 is 9.53 Å². The molecule has 0 radical (unpaired) electrons. The van der Waals surface area contributed by atoms with Crippen LogP contribution < -0.4 is 0 Å². The minimum Gasteiger partial charge on any atom is -0.376 e. The molecule has 1 unspecified atom stereocenters. The molecule has 16 heavy (non-hydrogen) atoms. The summed E-state index contributed by atoms with van der Waals surface area (Å²) in [4.78, 5) is 0. The third-order valence-corrected chi connectivity index (χ3v) is 4.11. The van der Waals surface area contributed by atoms with E-state index >= 15 is 0 Å². The lowest BCUT2D eigenvalue weighted by atomic mass is 10.1. The molecule has 1 aliphatic heterocycles. The second kappa shape index (κ2) is 9.12. The second-order valence-corrected chi connectivity index (χ2v) is 5.32. The summed E-state index contributed by atoms with van der Waals surface area (Å²) in [6, 6.07) is 0. The van der Waals surface area contributed by atoms with Crippen molar-refractivity contribution in [2.45, 2.75) is 46.6 Å². The lowest BCUT2D eigenvalue weighted by molar-refractivity contribution is 0.107. The van der Waals surface area contributed by atoms with Gasteiger partial charge in [0.15, 0.2) is 0 Å². The molecule has 1 heterocycles. The normalized spacial score (nSPS) is 22.9. The van der Waals surface area contributed by atoms with Crippen molar-refractivity contribution in [3.05, 3.63) is 0 Å². The maximum atomic E-state index is 5.22. The van der Waals surface area contributed by atoms with Gasteiger partial charge in [-0.05, 0) is 34.1 Å². The summed E-state index contributed by atoms with van der Waals surface area (Å²) < 4.78 is 20.7. The number of rotatable bonds is 7. The van der Waals surface area contributed by atoms with E-state index in [1.165, 1.54) is 0 Å². The van der Waals surface area contributed by atoms with E-state index in [0.29, 0.717) is 25.4 Å². The zero-order chi connectivity index (χ0) is 12.4. The van der Waals surface area contributed by atoms with E-state index < -0.39 is 9.53 Å². The average Bonchev–Trinajstić information content (AvgIpc) is 3.00. The first-order valence-corrected chi connectivity index (χ1v) is 7.52. The smallest absolute Gasteiger partial charge is 0.376 e. The Morgan fingerprint density at radius 2 is 1.38 bits per heavy atom. The number of ether oxygens (including phenoxy) is 1.